The summed E-state index contributed by atoms with van der Waals surface area (Å²) in [6, 6.07) is 4.80. The standard InChI is InChI=1S/C15H22N2O3S/c16-13-4-2-1-3-5-14(13)17-21(18,19)12-6-7-15-11(10-12)8-9-20-15/h6-7,10,13-14,17H,1-5,8-9,16H2. The molecular formula is C15H22N2O3S. The summed E-state index contributed by atoms with van der Waals surface area (Å²) in [4.78, 5) is 0.309. The number of sulfonamides is 1. The van der Waals surface area contributed by atoms with E-state index in [2.05, 4.69) is 4.72 Å². The van der Waals surface area contributed by atoms with Crippen molar-refractivity contribution in [2.24, 2.45) is 5.73 Å². The van der Waals surface area contributed by atoms with Crippen LogP contribution in [0, 0.1) is 0 Å². The quantitative estimate of drug-likeness (QED) is 0.830. The van der Waals surface area contributed by atoms with Gasteiger partial charge in [-0.2, -0.15) is 0 Å². The zero-order valence-electron chi connectivity index (χ0n) is 12.0. The van der Waals surface area contributed by atoms with E-state index in [1.54, 1.807) is 18.2 Å². The van der Waals surface area contributed by atoms with E-state index in [1.807, 2.05) is 0 Å². The number of benzene rings is 1. The third-order valence-electron chi connectivity index (χ3n) is 4.35. The highest BCUT2D eigenvalue weighted by Gasteiger charge is 2.27. The van der Waals surface area contributed by atoms with Gasteiger partial charge in [0.15, 0.2) is 0 Å². The highest BCUT2D eigenvalue weighted by molar-refractivity contribution is 7.89. The van der Waals surface area contributed by atoms with E-state index in [-0.39, 0.29) is 12.1 Å². The summed E-state index contributed by atoms with van der Waals surface area (Å²) in [6.07, 6.45) is 5.69. The van der Waals surface area contributed by atoms with Crippen molar-refractivity contribution in [3.63, 3.8) is 0 Å². The lowest BCUT2D eigenvalue weighted by Gasteiger charge is -2.22. The lowest BCUT2D eigenvalue weighted by atomic mass is 10.1. The van der Waals surface area contributed by atoms with Gasteiger partial charge in [-0.05, 0) is 36.6 Å². The molecule has 3 N–H and O–H groups in total. The molecule has 0 aromatic heterocycles. The van der Waals surface area contributed by atoms with Gasteiger partial charge in [0.25, 0.3) is 0 Å². The number of rotatable bonds is 3. The van der Waals surface area contributed by atoms with Gasteiger partial charge in [-0.1, -0.05) is 19.3 Å². The average molecular weight is 310 g/mol. The molecule has 0 bridgehead atoms. The largest absolute Gasteiger partial charge is 0.493 e. The molecule has 5 nitrogen and oxygen atoms in total. The monoisotopic (exact) mass is 310 g/mol. The Balaban J connectivity index is 1.80. The highest BCUT2D eigenvalue weighted by atomic mass is 32.2. The molecule has 1 saturated carbocycles. The number of ether oxygens (including phenoxy) is 1. The van der Waals surface area contributed by atoms with Crippen LogP contribution in [0.15, 0.2) is 23.1 Å². The Bertz CT molecular complexity index is 615. The van der Waals surface area contributed by atoms with Crippen LogP contribution in [0.1, 0.15) is 37.7 Å². The summed E-state index contributed by atoms with van der Waals surface area (Å²) in [5.41, 5.74) is 7.07. The van der Waals surface area contributed by atoms with Crippen molar-refractivity contribution in [3.8, 4) is 5.75 Å². The second kappa shape index (κ2) is 5.94. The summed E-state index contributed by atoms with van der Waals surface area (Å²) < 4.78 is 33.3. The summed E-state index contributed by atoms with van der Waals surface area (Å²) >= 11 is 0. The SMILES string of the molecule is NC1CCCCCC1NS(=O)(=O)c1ccc2c(c1)CCO2. The van der Waals surface area contributed by atoms with E-state index < -0.39 is 10.0 Å². The lowest BCUT2D eigenvalue weighted by molar-refractivity contribution is 0.356. The van der Waals surface area contributed by atoms with Crippen molar-refractivity contribution in [1.82, 2.24) is 4.72 Å². The summed E-state index contributed by atoms with van der Waals surface area (Å²) in [7, 11) is -3.52. The van der Waals surface area contributed by atoms with Crippen molar-refractivity contribution in [2.75, 3.05) is 6.61 Å². The number of hydrogen-bond donors (Lipinski definition) is 2. The molecule has 0 saturated heterocycles. The fourth-order valence-corrected chi connectivity index (χ4v) is 4.45. The Labute approximate surface area is 125 Å². The number of fused-ring (bicyclic) bond motifs is 1. The first-order chi connectivity index (χ1) is 10.1. The zero-order chi connectivity index (χ0) is 14.9. The number of nitrogens with two attached hydrogens (primary N) is 1. The Morgan fingerprint density at radius 1 is 1.19 bits per heavy atom. The van der Waals surface area contributed by atoms with E-state index in [0.717, 1.165) is 49.8 Å². The molecule has 0 spiro atoms. The minimum Gasteiger partial charge on any atom is -0.493 e. The van der Waals surface area contributed by atoms with Crippen LogP contribution in [0.3, 0.4) is 0 Å². The maximum atomic E-state index is 12.6. The fourth-order valence-electron chi connectivity index (χ4n) is 3.08. The van der Waals surface area contributed by atoms with E-state index >= 15 is 0 Å². The van der Waals surface area contributed by atoms with Gasteiger partial charge < -0.3 is 10.5 Å². The summed E-state index contributed by atoms with van der Waals surface area (Å²) in [5.74, 6) is 0.792. The fraction of sp³-hybridized carbons (Fsp3) is 0.600. The predicted molar refractivity (Wildman–Crippen MR) is 80.8 cm³/mol. The third kappa shape index (κ3) is 3.22. The summed E-state index contributed by atoms with van der Waals surface area (Å²) in [6.45, 7) is 0.625. The predicted octanol–water partition coefficient (Wildman–Crippen LogP) is 1.56. The molecule has 2 unspecified atom stereocenters. The van der Waals surface area contributed by atoms with Crippen LogP contribution in [0.2, 0.25) is 0 Å². The molecule has 116 valence electrons. The smallest absolute Gasteiger partial charge is 0.240 e. The van der Waals surface area contributed by atoms with Gasteiger partial charge in [0, 0.05) is 18.5 Å². The second-order valence-corrected chi connectivity index (χ2v) is 7.61. The van der Waals surface area contributed by atoms with Crippen molar-refractivity contribution >= 4 is 10.0 Å². The van der Waals surface area contributed by atoms with Crippen LogP contribution in [0.5, 0.6) is 5.75 Å². The maximum absolute atomic E-state index is 12.6. The van der Waals surface area contributed by atoms with Gasteiger partial charge in [-0.3, -0.25) is 0 Å². The van der Waals surface area contributed by atoms with Gasteiger partial charge in [-0.15, -0.1) is 0 Å². The van der Waals surface area contributed by atoms with Gasteiger partial charge >= 0.3 is 0 Å². The Morgan fingerprint density at radius 3 is 2.86 bits per heavy atom. The third-order valence-corrected chi connectivity index (χ3v) is 5.83. The molecule has 1 aromatic carbocycles. The molecule has 2 atom stereocenters. The topological polar surface area (TPSA) is 81.4 Å². The maximum Gasteiger partial charge on any atom is 0.240 e. The first kappa shape index (κ1) is 14.8. The Kier molecular flexibility index (Phi) is 4.19. The minimum atomic E-state index is -3.52. The molecule has 6 heteroatoms. The minimum absolute atomic E-state index is 0.0972. The molecule has 2 aliphatic rings. The Hall–Kier alpha value is -1.11. The van der Waals surface area contributed by atoms with E-state index in [0.29, 0.717) is 11.5 Å². The molecule has 1 aliphatic heterocycles. The van der Waals surface area contributed by atoms with Crippen molar-refractivity contribution in [2.45, 2.75) is 55.5 Å². The van der Waals surface area contributed by atoms with Crippen LogP contribution < -0.4 is 15.2 Å². The summed E-state index contributed by atoms with van der Waals surface area (Å²) in [5, 5.41) is 0. The first-order valence-electron chi connectivity index (χ1n) is 7.60. The van der Waals surface area contributed by atoms with Gasteiger partial charge in [0.1, 0.15) is 5.75 Å². The highest BCUT2D eigenvalue weighted by Crippen LogP contribution is 2.28. The average Bonchev–Trinajstić information content (AvgIpc) is 2.84. The number of hydrogen-bond acceptors (Lipinski definition) is 4. The van der Waals surface area contributed by atoms with Gasteiger partial charge in [0.2, 0.25) is 10.0 Å². The molecule has 1 aliphatic carbocycles. The van der Waals surface area contributed by atoms with Crippen LogP contribution >= 0.6 is 0 Å². The van der Waals surface area contributed by atoms with Crippen LogP contribution in [-0.2, 0) is 16.4 Å². The molecule has 21 heavy (non-hydrogen) atoms. The number of nitrogens with one attached hydrogen (secondary N) is 1. The normalized spacial score (nSPS) is 26.0. The molecular weight excluding hydrogens is 288 g/mol. The second-order valence-electron chi connectivity index (χ2n) is 5.90. The molecule has 0 amide bonds. The van der Waals surface area contributed by atoms with E-state index in [1.165, 1.54) is 0 Å². The van der Waals surface area contributed by atoms with Gasteiger partial charge in [0.05, 0.1) is 11.5 Å². The molecule has 1 heterocycles. The lowest BCUT2D eigenvalue weighted by Crippen LogP contribution is -2.46. The van der Waals surface area contributed by atoms with Crippen molar-refractivity contribution < 1.29 is 13.2 Å². The molecule has 0 radical (unpaired) electrons. The molecule has 1 fully saturated rings. The van der Waals surface area contributed by atoms with Crippen molar-refractivity contribution in [1.29, 1.82) is 0 Å². The molecule has 3 rings (SSSR count). The first-order valence-corrected chi connectivity index (χ1v) is 9.08. The van der Waals surface area contributed by atoms with E-state index in [4.69, 9.17) is 10.5 Å². The van der Waals surface area contributed by atoms with E-state index in [9.17, 15) is 8.42 Å². The van der Waals surface area contributed by atoms with Crippen LogP contribution in [0.4, 0.5) is 0 Å². The van der Waals surface area contributed by atoms with Gasteiger partial charge in [-0.25, -0.2) is 13.1 Å². The molecule has 1 aromatic rings. The Morgan fingerprint density at radius 2 is 2.00 bits per heavy atom. The van der Waals surface area contributed by atoms with Crippen LogP contribution in [-0.4, -0.2) is 27.1 Å². The van der Waals surface area contributed by atoms with Crippen LogP contribution in [0.25, 0.3) is 0 Å². The van der Waals surface area contributed by atoms with Crippen molar-refractivity contribution in [3.05, 3.63) is 23.8 Å². The zero-order valence-corrected chi connectivity index (χ0v) is 12.9.